The molecule has 1 heterocycles. The normalized spacial score (nSPS) is 11.3. The third-order valence-electron chi connectivity index (χ3n) is 3.28. The molecule has 0 fully saturated rings. The van der Waals surface area contributed by atoms with Gasteiger partial charge in [0, 0.05) is 17.5 Å². The van der Waals surface area contributed by atoms with Crippen LogP contribution in [0, 0.1) is 17.2 Å². The van der Waals surface area contributed by atoms with Crippen LogP contribution in [0.5, 0.6) is 0 Å². The predicted molar refractivity (Wildman–Crippen MR) is 94.6 cm³/mol. The van der Waals surface area contributed by atoms with Gasteiger partial charge >= 0.3 is 0 Å². The van der Waals surface area contributed by atoms with Gasteiger partial charge in [0.25, 0.3) is 5.91 Å². The molecule has 122 valence electrons. The van der Waals surface area contributed by atoms with E-state index < -0.39 is 17.6 Å². The van der Waals surface area contributed by atoms with Gasteiger partial charge in [-0.2, -0.15) is 17.0 Å². The number of nitrogens with zero attached hydrogens (tertiary/aromatic N) is 2. The number of amides is 1. The van der Waals surface area contributed by atoms with Crippen molar-refractivity contribution in [1.82, 2.24) is 4.98 Å². The van der Waals surface area contributed by atoms with Crippen molar-refractivity contribution < 1.29 is 9.59 Å². The van der Waals surface area contributed by atoms with Gasteiger partial charge in [-0.1, -0.05) is 37.3 Å². The summed E-state index contributed by atoms with van der Waals surface area (Å²) in [7, 11) is 0. The van der Waals surface area contributed by atoms with E-state index in [-0.39, 0.29) is 0 Å². The molecule has 0 aliphatic heterocycles. The second-order valence-corrected chi connectivity index (χ2v) is 6.24. The summed E-state index contributed by atoms with van der Waals surface area (Å²) in [6.45, 7) is 2.08. The predicted octanol–water partition coefficient (Wildman–Crippen LogP) is 3.30. The van der Waals surface area contributed by atoms with Crippen LogP contribution in [0.3, 0.4) is 0 Å². The Hall–Kier alpha value is -2.65. The van der Waals surface area contributed by atoms with Crippen LogP contribution in [-0.2, 0) is 10.5 Å². The SMILES string of the molecule is CCSCc1ccc(C(=O)[C@@H](C#N)C(=O)Nc2ccccn2)cc1. The molecule has 0 radical (unpaired) electrons. The van der Waals surface area contributed by atoms with E-state index in [1.807, 2.05) is 12.1 Å². The molecule has 1 aromatic heterocycles. The Morgan fingerprint density at radius 1 is 1.25 bits per heavy atom. The van der Waals surface area contributed by atoms with Crippen molar-refractivity contribution in [2.75, 3.05) is 11.1 Å². The number of thioether (sulfide) groups is 1. The van der Waals surface area contributed by atoms with Crippen molar-refractivity contribution in [1.29, 1.82) is 5.26 Å². The lowest BCUT2D eigenvalue weighted by atomic mass is 9.97. The minimum Gasteiger partial charge on any atom is -0.309 e. The molecule has 0 aliphatic rings. The van der Waals surface area contributed by atoms with Gasteiger partial charge in [0.1, 0.15) is 5.82 Å². The van der Waals surface area contributed by atoms with Gasteiger partial charge in [0.2, 0.25) is 0 Å². The average Bonchev–Trinajstić information content (AvgIpc) is 2.61. The van der Waals surface area contributed by atoms with E-state index in [1.165, 1.54) is 6.20 Å². The maximum Gasteiger partial charge on any atom is 0.250 e. The Bertz CT molecular complexity index is 739. The number of aromatic nitrogens is 1. The van der Waals surface area contributed by atoms with E-state index in [1.54, 1.807) is 48.2 Å². The lowest BCUT2D eigenvalue weighted by Crippen LogP contribution is -2.29. The number of rotatable bonds is 7. The number of hydrogen-bond acceptors (Lipinski definition) is 5. The lowest BCUT2D eigenvalue weighted by Gasteiger charge is -2.09. The van der Waals surface area contributed by atoms with Crippen LogP contribution in [0.2, 0.25) is 0 Å². The topological polar surface area (TPSA) is 82.8 Å². The molecular weight excluding hydrogens is 322 g/mol. The monoisotopic (exact) mass is 339 g/mol. The fourth-order valence-electron chi connectivity index (χ4n) is 2.02. The first-order valence-electron chi connectivity index (χ1n) is 7.48. The molecule has 6 heteroatoms. The largest absolute Gasteiger partial charge is 0.309 e. The molecule has 0 saturated heterocycles. The molecule has 1 atom stereocenters. The van der Waals surface area contributed by atoms with Crippen molar-refractivity contribution in [3.8, 4) is 6.07 Å². The fraction of sp³-hybridized carbons (Fsp3) is 0.222. The van der Waals surface area contributed by atoms with Gasteiger partial charge in [-0.15, -0.1) is 0 Å². The average molecular weight is 339 g/mol. The zero-order chi connectivity index (χ0) is 17.4. The number of Topliss-reactive ketones (excluding diaryl/α,β-unsaturated/α-hetero) is 1. The number of pyridine rings is 1. The van der Waals surface area contributed by atoms with Gasteiger partial charge in [-0.3, -0.25) is 9.59 Å². The first kappa shape index (κ1) is 17.7. The van der Waals surface area contributed by atoms with Crippen molar-refractivity contribution in [2.24, 2.45) is 5.92 Å². The van der Waals surface area contributed by atoms with Crippen LogP contribution in [0.15, 0.2) is 48.7 Å². The molecule has 2 aromatic rings. The third kappa shape index (κ3) is 4.67. The third-order valence-corrected chi connectivity index (χ3v) is 4.23. The molecular formula is C18H17N3O2S. The second kappa shape index (κ2) is 8.85. The van der Waals surface area contributed by atoms with Crippen LogP contribution in [0.4, 0.5) is 5.82 Å². The Labute approximate surface area is 145 Å². The number of carbonyl (C=O) groups excluding carboxylic acids is 2. The zero-order valence-electron chi connectivity index (χ0n) is 13.2. The highest BCUT2D eigenvalue weighted by Gasteiger charge is 2.27. The molecule has 1 aromatic carbocycles. The Balaban J connectivity index is 2.08. The van der Waals surface area contributed by atoms with Crippen LogP contribution in [0.25, 0.3) is 0 Å². The fourth-order valence-corrected chi connectivity index (χ4v) is 2.66. The number of ketones is 1. The van der Waals surface area contributed by atoms with Gasteiger partial charge in [-0.05, 0) is 23.4 Å². The highest BCUT2D eigenvalue weighted by atomic mass is 32.2. The highest BCUT2D eigenvalue weighted by Crippen LogP contribution is 2.16. The van der Waals surface area contributed by atoms with E-state index in [0.29, 0.717) is 11.4 Å². The molecule has 24 heavy (non-hydrogen) atoms. The quantitative estimate of drug-likeness (QED) is 0.618. The van der Waals surface area contributed by atoms with Crippen LogP contribution >= 0.6 is 11.8 Å². The number of anilines is 1. The summed E-state index contributed by atoms with van der Waals surface area (Å²) in [4.78, 5) is 28.5. The summed E-state index contributed by atoms with van der Waals surface area (Å²) in [6, 6.07) is 13.8. The summed E-state index contributed by atoms with van der Waals surface area (Å²) < 4.78 is 0. The second-order valence-electron chi connectivity index (χ2n) is 4.96. The number of nitriles is 1. The maximum absolute atomic E-state index is 12.4. The minimum atomic E-state index is -1.40. The molecule has 5 nitrogen and oxygen atoms in total. The smallest absolute Gasteiger partial charge is 0.250 e. The summed E-state index contributed by atoms with van der Waals surface area (Å²) >= 11 is 1.78. The number of carbonyl (C=O) groups is 2. The van der Waals surface area contributed by atoms with Crippen molar-refractivity contribution >= 4 is 29.3 Å². The Kier molecular flexibility index (Phi) is 6.52. The molecule has 2 rings (SSSR count). The van der Waals surface area contributed by atoms with Crippen LogP contribution < -0.4 is 5.32 Å². The standard InChI is InChI=1S/C18H17N3O2S/c1-2-24-12-13-6-8-14(9-7-13)17(22)15(11-19)18(23)21-16-5-3-4-10-20-16/h3-10,15H,2,12H2,1H3,(H,20,21,23)/t15-/m1/s1. The van der Waals surface area contributed by atoms with E-state index in [4.69, 9.17) is 0 Å². The molecule has 0 saturated carbocycles. The Morgan fingerprint density at radius 2 is 2.00 bits per heavy atom. The first-order chi connectivity index (χ1) is 11.7. The van der Waals surface area contributed by atoms with Gasteiger partial charge < -0.3 is 5.32 Å². The summed E-state index contributed by atoms with van der Waals surface area (Å²) in [5.74, 6) is -0.393. The number of nitrogens with one attached hydrogen (secondary N) is 1. The molecule has 0 unspecified atom stereocenters. The zero-order valence-corrected chi connectivity index (χ0v) is 14.0. The van der Waals surface area contributed by atoms with Crippen molar-refractivity contribution in [3.63, 3.8) is 0 Å². The van der Waals surface area contributed by atoms with E-state index in [0.717, 1.165) is 17.1 Å². The lowest BCUT2D eigenvalue weighted by molar-refractivity contribution is -0.117. The maximum atomic E-state index is 12.4. The van der Waals surface area contributed by atoms with Crippen LogP contribution in [-0.4, -0.2) is 22.4 Å². The summed E-state index contributed by atoms with van der Waals surface area (Å²) in [6.07, 6.45) is 1.52. The minimum absolute atomic E-state index is 0.308. The molecule has 1 N–H and O–H groups in total. The van der Waals surface area contributed by atoms with E-state index >= 15 is 0 Å². The summed E-state index contributed by atoms with van der Waals surface area (Å²) in [5.41, 5.74) is 1.45. The summed E-state index contributed by atoms with van der Waals surface area (Å²) in [5, 5.41) is 11.7. The molecule has 1 amide bonds. The highest BCUT2D eigenvalue weighted by molar-refractivity contribution is 7.98. The van der Waals surface area contributed by atoms with Crippen molar-refractivity contribution in [2.45, 2.75) is 12.7 Å². The van der Waals surface area contributed by atoms with Gasteiger partial charge in [-0.25, -0.2) is 4.98 Å². The van der Waals surface area contributed by atoms with Crippen molar-refractivity contribution in [3.05, 3.63) is 59.8 Å². The Morgan fingerprint density at radius 3 is 2.58 bits per heavy atom. The van der Waals surface area contributed by atoms with Gasteiger partial charge in [0.05, 0.1) is 6.07 Å². The van der Waals surface area contributed by atoms with Crippen LogP contribution in [0.1, 0.15) is 22.8 Å². The molecule has 0 bridgehead atoms. The van der Waals surface area contributed by atoms with Gasteiger partial charge in [0.15, 0.2) is 11.7 Å². The number of benzene rings is 1. The first-order valence-corrected chi connectivity index (χ1v) is 8.63. The number of hydrogen-bond donors (Lipinski definition) is 1. The van der Waals surface area contributed by atoms with E-state index in [9.17, 15) is 14.9 Å². The van der Waals surface area contributed by atoms with E-state index in [2.05, 4.69) is 17.2 Å². The molecule has 0 spiro atoms. The molecule has 0 aliphatic carbocycles.